The van der Waals surface area contributed by atoms with Crippen LogP contribution in [0.1, 0.15) is 27.0 Å². The van der Waals surface area contributed by atoms with Gasteiger partial charge in [0, 0.05) is 21.2 Å². The van der Waals surface area contributed by atoms with E-state index in [0.717, 1.165) is 11.1 Å². The molecule has 0 spiro atoms. The predicted molar refractivity (Wildman–Crippen MR) is 75.8 cm³/mol. The summed E-state index contributed by atoms with van der Waals surface area (Å²) in [6, 6.07) is 10.7. The summed E-state index contributed by atoms with van der Waals surface area (Å²) in [5.74, 6) is -0.0463. The highest BCUT2D eigenvalue weighted by atomic mass is 35.5. The summed E-state index contributed by atoms with van der Waals surface area (Å²) < 4.78 is 0. The van der Waals surface area contributed by atoms with Crippen LogP contribution in [0.2, 0.25) is 10.0 Å². The minimum absolute atomic E-state index is 0.0463. The Hall–Kier alpha value is -1.31. The van der Waals surface area contributed by atoms with Gasteiger partial charge in [0.25, 0.3) is 0 Å². The SMILES string of the molecule is Cc1c(Cl)cccc1C(=O)c1cccc(Cl)c1C. The third-order valence-corrected chi connectivity index (χ3v) is 3.84. The second-order valence-corrected chi connectivity index (χ2v) is 4.97. The summed E-state index contributed by atoms with van der Waals surface area (Å²) in [7, 11) is 0. The number of carbonyl (C=O) groups is 1. The zero-order valence-electron chi connectivity index (χ0n) is 10.1. The molecule has 0 amide bonds. The van der Waals surface area contributed by atoms with E-state index >= 15 is 0 Å². The van der Waals surface area contributed by atoms with Crippen LogP contribution in [0.3, 0.4) is 0 Å². The predicted octanol–water partition coefficient (Wildman–Crippen LogP) is 4.84. The minimum Gasteiger partial charge on any atom is -0.289 e. The van der Waals surface area contributed by atoms with Gasteiger partial charge < -0.3 is 0 Å². The fourth-order valence-corrected chi connectivity index (χ4v) is 2.20. The lowest BCUT2D eigenvalue weighted by Crippen LogP contribution is -2.06. The average Bonchev–Trinajstić information content (AvgIpc) is 2.35. The highest BCUT2D eigenvalue weighted by molar-refractivity contribution is 6.33. The van der Waals surface area contributed by atoms with E-state index in [4.69, 9.17) is 23.2 Å². The van der Waals surface area contributed by atoms with Gasteiger partial charge in [-0.1, -0.05) is 47.5 Å². The molecule has 0 aliphatic carbocycles. The molecule has 2 aromatic rings. The lowest BCUT2D eigenvalue weighted by atomic mass is 9.96. The Morgan fingerprint density at radius 2 is 1.22 bits per heavy atom. The van der Waals surface area contributed by atoms with Crippen LogP contribution in [0.4, 0.5) is 0 Å². The van der Waals surface area contributed by atoms with Crippen molar-refractivity contribution in [3.05, 3.63) is 68.7 Å². The maximum atomic E-state index is 12.5. The third kappa shape index (κ3) is 2.29. The summed E-state index contributed by atoms with van der Waals surface area (Å²) in [5, 5.41) is 1.20. The van der Waals surface area contributed by atoms with Crippen LogP contribution < -0.4 is 0 Å². The Balaban J connectivity index is 2.55. The van der Waals surface area contributed by atoms with Crippen molar-refractivity contribution >= 4 is 29.0 Å². The zero-order chi connectivity index (χ0) is 13.3. The molecule has 0 aliphatic rings. The van der Waals surface area contributed by atoms with E-state index in [-0.39, 0.29) is 5.78 Å². The summed E-state index contributed by atoms with van der Waals surface area (Å²) in [5.41, 5.74) is 2.83. The topological polar surface area (TPSA) is 17.1 Å². The molecule has 0 saturated heterocycles. The number of carbonyl (C=O) groups excluding carboxylic acids is 1. The van der Waals surface area contributed by atoms with E-state index in [1.54, 1.807) is 36.4 Å². The van der Waals surface area contributed by atoms with Gasteiger partial charge >= 0.3 is 0 Å². The van der Waals surface area contributed by atoms with Crippen molar-refractivity contribution in [2.24, 2.45) is 0 Å². The lowest BCUT2D eigenvalue weighted by molar-refractivity contribution is 0.103. The fourth-order valence-electron chi connectivity index (χ4n) is 1.85. The van der Waals surface area contributed by atoms with Crippen LogP contribution in [0.5, 0.6) is 0 Å². The van der Waals surface area contributed by atoms with Crippen molar-refractivity contribution in [2.75, 3.05) is 0 Å². The van der Waals surface area contributed by atoms with Crippen molar-refractivity contribution in [3.63, 3.8) is 0 Å². The van der Waals surface area contributed by atoms with Crippen molar-refractivity contribution in [1.82, 2.24) is 0 Å². The molecule has 3 heteroatoms. The maximum Gasteiger partial charge on any atom is 0.193 e. The molecule has 0 atom stereocenters. The molecule has 1 nitrogen and oxygen atoms in total. The molecule has 0 fully saturated rings. The van der Waals surface area contributed by atoms with Crippen LogP contribution >= 0.6 is 23.2 Å². The highest BCUT2D eigenvalue weighted by Gasteiger charge is 2.16. The molecule has 0 N–H and O–H groups in total. The van der Waals surface area contributed by atoms with Crippen LogP contribution in [0.15, 0.2) is 36.4 Å². The Morgan fingerprint density at radius 3 is 1.61 bits per heavy atom. The normalized spacial score (nSPS) is 10.4. The van der Waals surface area contributed by atoms with Gasteiger partial charge in [-0.05, 0) is 37.1 Å². The van der Waals surface area contributed by atoms with Gasteiger partial charge in [0.15, 0.2) is 5.78 Å². The van der Waals surface area contributed by atoms with Gasteiger partial charge in [0.2, 0.25) is 0 Å². The van der Waals surface area contributed by atoms with Gasteiger partial charge in [0.1, 0.15) is 0 Å². The summed E-state index contributed by atoms with van der Waals surface area (Å²) in [6.45, 7) is 3.69. The van der Waals surface area contributed by atoms with Gasteiger partial charge in [-0.25, -0.2) is 0 Å². The number of benzene rings is 2. The molecule has 0 saturated carbocycles. The van der Waals surface area contributed by atoms with Crippen LogP contribution in [0.25, 0.3) is 0 Å². The first-order valence-electron chi connectivity index (χ1n) is 5.57. The Bertz CT molecular complexity index is 564. The fraction of sp³-hybridized carbons (Fsp3) is 0.133. The van der Waals surface area contributed by atoms with Crippen molar-refractivity contribution < 1.29 is 4.79 Å². The highest BCUT2D eigenvalue weighted by Crippen LogP contribution is 2.25. The van der Waals surface area contributed by atoms with Crippen LogP contribution in [-0.2, 0) is 0 Å². The van der Waals surface area contributed by atoms with Crippen molar-refractivity contribution in [1.29, 1.82) is 0 Å². The van der Waals surface area contributed by atoms with Crippen LogP contribution in [-0.4, -0.2) is 5.78 Å². The van der Waals surface area contributed by atoms with Gasteiger partial charge in [-0.2, -0.15) is 0 Å². The molecule has 0 bridgehead atoms. The lowest BCUT2D eigenvalue weighted by Gasteiger charge is -2.09. The maximum absolute atomic E-state index is 12.5. The Morgan fingerprint density at radius 1 is 0.833 bits per heavy atom. The zero-order valence-corrected chi connectivity index (χ0v) is 11.6. The molecule has 0 radical (unpaired) electrons. The second-order valence-electron chi connectivity index (χ2n) is 4.15. The molecule has 0 aliphatic heterocycles. The molecular formula is C15H12Cl2O. The van der Waals surface area contributed by atoms with Gasteiger partial charge in [0.05, 0.1) is 0 Å². The van der Waals surface area contributed by atoms with E-state index in [1.807, 2.05) is 13.8 Å². The number of halogens is 2. The van der Waals surface area contributed by atoms with E-state index in [9.17, 15) is 4.79 Å². The summed E-state index contributed by atoms with van der Waals surface area (Å²) >= 11 is 12.1. The first-order valence-corrected chi connectivity index (χ1v) is 6.33. The van der Waals surface area contributed by atoms with Gasteiger partial charge in [-0.3, -0.25) is 4.79 Å². The number of ketones is 1. The number of hydrogen-bond acceptors (Lipinski definition) is 1. The minimum atomic E-state index is -0.0463. The Kier molecular flexibility index (Phi) is 3.74. The van der Waals surface area contributed by atoms with E-state index < -0.39 is 0 Å². The molecule has 0 aromatic heterocycles. The second kappa shape index (κ2) is 5.13. The van der Waals surface area contributed by atoms with Crippen molar-refractivity contribution in [2.45, 2.75) is 13.8 Å². The monoisotopic (exact) mass is 278 g/mol. The molecule has 92 valence electrons. The number of rotatable bonds is 2. The molecule has 18 heavy (non-hydrogen) atoms. The molecule has 0 unspecified atom stereocenters. The molecule has 2 rings (SSSR count). The summed E-state index contributed by atoms with van der Waals surface area (Å²) in [4.78, 5) is 12.5. The molecule has 0 heterocycles. The molecule has 2 aromatic carbocycles. The van der Waals surface area contributed by atoms with E-state index in [1.165, 1.54) is 0 Å². The van der Waals surface area contributed by atoms with E-state index in [0.29, 0.717) is 21.2 Å². The third-order valence-electron chi connectivity index (χ3n) is 3.02. The standard InChI is InChI=1S/C15H12Cl2O/c1-9-11(5-3-7-13(9)16)15(18)12-6-4-8-14(17)10(12)2/h3-8H,1-2H3. The van der Waals surface area contributed by atoms with Gasteiger partial charge in [-0.15, -0.1) is 0 Å². The molecular weight excluding hydrogens is 267 g/mol. The largest absolute Gasteiger partial charge is 0.289 e. The first kappa shape index (κ1) is 13.1. The Labute approximate surface area is 116 Å². The van der Waals surface area contributed by atoms with Crippen molar-refractivity contribution in [3.8, 4) is 0 Å². The summed E-state index contributed by atoms with van der Waals surface area (Å²) in [6.07, 6.45) is 0. The quantitative estimate of drug-likeness (QED) is 0.719. The smallest absolute Gasteiger partial charge is 0.193 e. The average molecular weight is 279 g/mol. The number of hydrogen-bond donors (Lipinski definition) is 0. The first-order chi connectivity index (χ1) is 8.52. The van der Waals surface area contributed by atoms with Crippen LogP contribution in [0, 0.1) is 13.8 Å². The van der Waals surface area contributed by atoms with E-state index in [2.05, 4.69) is 0 Å².